The Morgan fingerprint density at radius 2 is 2.16 bits per heavy atom. The monoisotopic (exact) mass is 363 g/mol. The smallest absolute Gasteiger partial charge is 0.278 e. The Labute approximate surface area is 150 Å². The van der Waals surface area contributed by atoms with Crippen molar-refractivity contribution >= 4 is 17.4 Å². The van der Waals surface area contributed by atoms with E-state index in [1.165, 1.54) is 18.6 Å². The van der Waals surface area contributed by atoms with Crippen molar-refractivity contribution in [1.82, 2.24) is 24.5 Å². The molecule has 1 amide bonds. The van der Waals surface area contributed by atoms with E-state index in [2.05, 4.69) is 26.5 Å². The number of piperidine rings is 1. The van der Waals surface area contributed by atoms with E-state index in [4.69, 9.17) is 9.47 Å². The maximum Gasteiger partial charge on any atom is 0.278 e. The molecule has 9 heteroatoms. The SMILES string of the molecule is CCCc1nnsc1C(=O)N1CCCC(Oc2nccnc2OC)C1. The Morgan fingerprint density at radius 3 is 2.92 bits per heavy atom. The highest BCUT2D eigenvalue weighted by atomic mass is 32.1. The first-order valence-corrected chi connectivity index (χ1v) is 9.12. The van der Waals surface area contributed by atoms with Crippen LogP contribution in [0.2, 0.25) is 0 Å². The lowest BCUT2D eigenvalue weighted by atomic mass is 10.1. The quantitative estimate of drug-likeness (QED) is 0.775. The van der Waals surface area contributed by atoms with Gasteiger partial charge in [-0.05, 0) is 30.8 Å². The average molecular weight is 363 g/mol. The largest absolute Gasteiger partial charge is 0.477 e. The van der Waals surface area contributed by atoms with Gasteiger partial charge in [0.25, 0.3) is 17.7 Å². The molecule has 1 saturated heterocycles. The third-order valence-electron chi connectivity index (χ3n) is 4.01. The molecule has 0 saturated carbocycles. The fraction of sp³-hybridized carbons (Fsp3) is 0.562. The van der Waals surface area contributed by atoms with Crippen LogP contribution in [-0.4, -0.2) is 56.7 Å². The predicted octanol–water partition coefficient (Wildman–Crippen LogP) is 1.97. The molecular formula is C16H21N5O3S. The lowest BCUT2D eigenvalue weighted by molar-refractivity contribution is 0.0522. The highest BCUT2D eigenvalue weighted by Gasteiger charge is 2.29. The molecular weight excluding hydrogens is 342 g/mol. The number of aryl methyl sites for hydroxylation is 1. The number of hydrogen-bond donors (Lipinski definition) is 0. The second kappa shape index (κ2) is 8.19. The van der Waals surface area contributed by atoms with Gasteiger partial charge in [-0.15, -0.1) is 5.10 Å². The number of carbonyl (C=O) groups is 1. The summed E-state index contributed by atoms with van der Waals surface area (Å²) in [6, 6.07) is 0. The fourth-order valence-corrected chi connectivity index (χ4v) is 3.50. The van der Waals surface area contributed by atoms with Gasteiger partial charge in [0.1, 0.15) is 11.0 Å². The van der Waals surface area contributed by atoms with Crippen molar-refractivity contribution in [2.45, 2.75) is 38.7 Å². The molecule has 0 N–H and O–H groups in total. The Hall–Kier alpha value is -2.29. The van der Waals surface area contributed by atoms with Gasteiger partial charge in [-0.25, -0.2) is 9.97 Å². The molecule has 0 bridgehead atoms. The van der Waals surface area contributed by atoms with Crippen LogP contribution in [0.1, 0.15) is 41.6 Å². The second-order valence-electron chi connectivity index (χ2n) is 5.80. The zero-order chi connectivity index (χ0) is 17.6. The second-order valence-corrected chi connectivity index (χ2v) is 6.56. The first kappa shape index (κ1) is 17.5. The molecule has 1 atom stereocenters. The van der Waals surface area contributed by atoms with Crippen LogP contribution in [0.4, 0.5) is 0 Å². The van der Waals surface area contributed by atoms with Crippen LogP contribution in [-0.2, 0) is 6.42 Å². The van der Waals surface area contributed by atoms with E-state index in [1.54, 1.807) is 12.4 Å². The van der Waals surface area contributed by atoms with Crippen molar-refractivity contribution in [2.24, 2.45) is 0 Å². The minimum Gasteiger partial charge on any atom is -0.477 e. The topological polar surface area (TPSA) is 90.3 Å². The summed E-state index contributed by atoms with van der Waals surface area (Å²) in [5, 5.41) is 4.09. The summed E-state index contributed by atoms with van der Waals surface area (Å²) in [5.41, 5.74) is 0.788. The number of aromatic nitrogens is 4. The van der Waals surface area contributed by atoms with Crippen LogP contribution >= 0.6 is 11.5 Å². The van der Waals surface area contributed by atoms with Crippen LogP contribution < -0.4 is 9.47 Å². The fourth-order valence-electron chi connectivity index (χ4n) is 2.83. The highest BCUT2D eigenvalue weighted by molar-refractivity contribution is 7.08. The van der Waals surface area contributed by atoms with E-state index >= 15 is 0 Å². The molecule has 1 aliphatic heterocycles. The standard InChI is InChI=1S/C16H21N5O3S/c1-3-5-12-13(25-20-19-12)16(22)21-9-4-6-11(10-21)24-15-14(23-2)17-7-8-18-15/h7-8,11H,3-6,9-10H2,1-2H3. The maximum atomic E-state index is 12.8. The van der Waals surface area contributed by atoms with Crippen molar-refractivity contribution in [1.29, 1.82) is 0 Å². The number of rotatable bonds is 6. The van der Waals surface area contributed by atoms with Gasteiger partial charge < -0.3 is 14.4 Å². The predicted molar refractivity (Wildman–Crippen MR) is 92.0 cm³/mol. The molecule has 0 aliphatic carbocycles. The number of hydrogen-bond acceptors (Lipinski definition) is 8. The summed E-state index contributed by atoms with van der Waals surface area (Å²) in [6.45, 7) is 3.27. The lowest BCUT2D eigenvalue weighted by Gasteiger charge is -2.32. The van der Waals surface area contributed by atoms with Crippen molar-refractivity contribution in [3.05, 3.63) is 23.0 Å². The molecule has 8 nitrogen and oxygen atoms in total. The summed E-state index contributed by atoms with van der Waals surface area (Å²) in [6.07, 6.45) is 6.39. The van der Waals surface area contributed by atoms with E-state index < -0.39 is 0 Å². The average Bonchev–Trinajstić information content (AvgIpc) is 3.10. The molecule has 1 aliphatic rings. The van der Waals surface area contributed by atoms with E-state index in [1.807, 2.05) is 4.90 Å². The Kier molecular flexibility index (Phi) is 5.75. The van der Waals surface area contributed by atoms with Crippen LogP contribution in [0.3, 0.4) is 0 Å². The van der Waals surface area contributed by atoms with Crippen molar-refractivity contribution < 1.29 is 14.3 Å². The minimum absolute atomic E-state index is 0.0159. The van der Waals surface area contributed by atoms with Gasteiger partial charge in [0.05, 0.1) is 19.3 Å². The third-order valence-corrected chi connectivity index (χ3v) is 4.76. The summed E-state index contributed by atoms with van der Waals surface area (Å²) in [7, 11) is 1.53. The number of methoxy groups -OCH3 is 1. The molecule has 0 aromatic carbocycles. The van der Waals surface area contributed by atoms with E-state index in [0.717, 1.165) is 31.4 Å². The van der Waals surface area contributed by atoms with E-state index in [0.29, 0.717) is 29.7 Å². The molecule has 25 heavy (non-hydrogen) atoms. The normalized spacial score (nSPS) is 17.4. The van der Waals surface area contributed by atoms with Crippen LogP contribution in [0.5, 0.6) is 11.8 Å². The summed E-state index contributed by atoms with van der Waals surface area (Å²) in [5.74, 6) is 0.691. The van der Waals surface area contributed by atoms with Crippen LogP contribution in [0.15, 0.2) is 12.4 Å². The van der Waals surface area contributed by atoms with Gasteiger partial charge in [0.15, 0.2) is 0 Å². The van der Waals surface area contributed by atoms with Gasteiger partial charge in [-0.1, -0.05) is 17.8 Å². The number of nitrogens with zero attached hydrogens (tertiary/aromatic N) is 5. The van der Waals surface area contributed by atoms with Gasteiger partial charge >= 0.3 is 0 Å². The third kappa shape index (κ3) is 4.04. The summed E-state index contributed by atoms with van der Waals surface area (Å²) < 4.78 is 15.0. The van der Waals surface area contributed by atoms with Crippen LogP contribution in [0.25, 0.3) is 0 Å². The van der Waals surface area contributed by atoms with E-state index in [9.17, 15) is 4.79 Å². The zero-order valence-electron chi connectivity index (χ0n) is 14.3. The number of likely N-dealkylation sites (tertiary alicyclic amines) is 1. The van der Waals surface area contributed by atoms with Gasteiger partial charge in [0.2, 0.25) is 0 Å². The van der Waals surface area contributed by atoms with Crippen molar-refractivity contribution in [3.63, 3.8) is 0 Å². The minimum atomic E-state index is -0.140. The maximum absolute atomic E-state index is 12.8. The van der Waals surface area contributed by atoms with Crippen molar-refractivity contribution in [3.8, 4) is 11.8 Å². The molecule has 3 rings (SSSR count). The molecule has 1 unspecified atom stereocenters. The number of amides is 1. The first-order chi connectivity index (χ1) is 12.2. The highest BCUT2D eigenvalue weighted by Crippen LogP contribution is 2.25. The summed E-state index contributed by atoms with van der Waals surface area (Å²) >= 11 is 1.17. The van der Waals surface area contributed by atoms with Crippen molar-refractivity contribution in [2.75, 3.05) is 20.2 Å². The molecule has 0 radical (unpaired) electrons. The lowest BCUT2D eigenvalue weighted by Crippen LogP contribution is -2.44. The molecule has 1 fully saturated rings. The number of ether oxygens (including phenoxy) is 2. The Bertz CT molecular complexity index is 723. The first-order valence-electron chi connectivity index (χ1n) is 8.35. The molecule has 134 valence electrons. The van der Waals surface area contributed by atoms with Crippen LogP contribution in [0, 0.1) is 0 Å². The van der Waals surface area contributed by atoms with Gasteiger partial charge in [-0.3, -0.25) is 4.79 Å². The Morgan fingerprint density at radius 1 is 1.36 bits per heavy atom. The number of carbonyl (C=O) groups excluding carboxylic acids is 1. The van der Waals surface area contributed by atoms with Gasteiger partial charge in [0, 0.05) is 18.9 Å². The Balaban J connectivity index is 1.68. The molecule has 0 spiro atoms. The zero-order valence-corrected chi connectivity index (χ0v) is 15.2. The van der Waals surface area contributed by atoms with E-state index in [-0.39, 0.29) is 12.0 Å². The van der Waals surface area contributed by atoms with Gasteiger partial charge in [-0.2, -0.15) is 0 Å². The molecule has 2 aromatic heterocycles. The molecule has 2 aromatic rings. The summed E-state index contributed by atoms with van der Waals surface area (Å²) in [4.78, 5) is 23.5. The molecule has 3 heterocycles.